The maximum atomic E-state index is 13.5. The highest BCUT2D eigenvalue weighted by Gasteiger charge is 2.19. The number of rotatable bonds is 4. The van der Waals surface area contributed by atoms with Gasteiger partial charge in [0.2, 0.25) is 5.82 Å². The van der Waals surface area contributed by atoms with Gasteiger partial charge in [-0.25, -0.2) is 4.39 Å². The Kier molecular flexibility index (Phi) is 3.98. The molecule has 6 heteroatoms. The molecule has 0 aliphatic carbocycles. The summed E-state index contributed by atoms with van der Waals surface area (Å²) in [4.78, 5) is 0. The average Bonchev–Trinajstić information content (AvgIpc) is 2.85. The van der Waals surface area contributed by atoms with E-state index in [9.17, 15) is 8.78 Å². The molecular weight excluding hydrogens is 308 g/mol. The van der Waals surface area contributed by atoms with Crippen LogP contribution in [0, 0.1) is 11.6 Å². The minimum absolute atomic E-state index is 0.0844. The number of nitrogens with two attached hydrogens (primary N) is 1. The minimum Gasteiger partial charge on any atom is -0.478 e. The van der Waals surface area contributed by atoms with E-state index in [1.165, 1.54) is 12.3 Å². The molecule has 0 bridgehead atoms. The molecule has 1 heterocycles. The molecule has 0 amide bonds. The van der Waals surface area contributed by atoms with Crippen molar-refractivity contribution in [3.63, 3.8) is 0 Å². The van der Waals surface area contributed by atoms with Crippen LogP contribution in [0.3, 0.4) is 0 Å². The van der Waals surface area contributed by atoms with E-state index in [2.05, 4.69) is 15.9 Å². The summed E-state index contributed by atoms with van der Waals surface area (Å²) in [6.07, 6.45) is 0.794. The number of halogens is 3. The predicted molar refractivity (Wildman–Crippen MR) is 65.2 cm³/mol. The summed E-state index contributed by atoms with van der Waals surface area (Å²) in [5.41, 5.74) is 5.53. The molecule has 0 fully saturated rings. The quantitative estimate of drug-likeness (QED) is 0.879. The van der Waals surface area contributed by atoms with Crippen molar-refractivity contribution < 1.29 is 17.9 Å². The third kappa shape index (κ3) is 2.70. The fourth-order valence-electron chi connectivity index (χ4n) is 1.47. The third-order valence-electron chi connectivity index (χ3n) is 2.30. The highest BCUT2D eigenvalue weighted by atomic mass is 79.9. The van der Waals surface area contributed by atoms with Gasteiger partial charge in [-0.15, -0.1) is 0 Å². The summed E-state index contributed by atoms with van der Waals surface area (Å²) in [6, 6.07) is 5.68. The van der Waals surface area contributed by atoms with Crippen molar-refractivity contribution in [2.45, 2.75) is 6.10 Å². The van der Waals surface area contributed by atoms with E-state index in [-0.39, 0.29) is 12.3 Å². The Morgan fingerprint density at radius 1 is 1.39 bits per heavy atom. The topological polar surface area (TPSA) is 48.4 Å². The van der Waals surface area contributed by atoms with E-state index in [0.29, 0.717) is 10.2 Å². The van der Waals surface area contributed by atoms with Crippen LogP contribution in [0.1, 0.15) is 11.9 Å². The van der Waals surface area contributed by atoms with E-state index in [0.717, 1.165) is 6.07 Å². The second kappa shape index (κ2) is 5.49. The smallest absolute Gasteiger partial charge is 0.200 e. The Hall–Kier alpha value is -1.40. The lowest BCUT2D eigenvalue weighted by Gasteiger charge is -2.16. The largest absolute Gasteiger partial charge is 0.478 e. The molecule has 1 aromatic carbocycles. The maximum absolute atomic E-state index is 13.5. The first-order chi connectivity index (χ1) is 8.61. The van der Waals surface area contributed by atoms with Crippen LogP contribution in [0.25, 0.3) is 0 Å². The van der Waals surface area contributed by atoms with Crippen LogP contribution in [-0.4, -0.2) is 6.54 Å². The van der Waals surface area contributed by atoms with E-state index in [1.54, 1.807) is 12.1 Å². The van der Waals surface area contributed by atoms with Gasteiger partial charge in [0.1, 0.15) is 5.76 Å². The van der Waals surface area contributed by atoms with E-state index in [1.807, 2.05) is 0 Å². The number of furan rings is 1. The van der Waals surface area contributed by atoms with Crippen molar-refractivity contribution in [1.29, 1.82) is 0 Å². The van der Waals surface area contributed by atoms with E-state index >= 15 is 0 Å². The van der Waals surface area contributed by atoms with Gasteiger partial charge in [-0.3, -0.25) is 0 Å². The molecule has 1 atom stereocenters. The molecule has 96 valence electrons. The lowest BCUT2D eigenvalue weighted by Crippen LogP contribution is -2.18. The number of ether oxygens (including phenoxy) is 1. The van der Waals surface area contributed by atoms with Crippen molar-refractivity contribution >= 4 is 15.9 Å². The average molecular weight is 318 g/mol. The highest BCUT2D eigenvalue weighted by molar-refractivity contribution is 9.10. The number of hydrogen-bond acceptors (Lipinski definition) is 3. The summed E-state index contributed by atoms with van der Waals surface area (Å²) in [5, 5.41) is 0. The molecule has 3 nitrogen and oxygen atoms in total. The van der Waals surface area contributed by atoms with Crippen molar-refractivity contribution in [3.8, 4) is 5.75 Å². The van der Waals surface area contributed by atoms with Gasteiger partial charge in [0.25, 0.3) is 0 Å². The van der Waals surface area contributed by atoms with Crippen LogP contribution < -0.4 is 10.5 Å². The van der Waals surface area contributed by atoms with Gasteiger partial charge < -0.3 is 14.9 Å². The van der Waals surface area contributed by atoms with Crippen LogP contribution in [0.15, 0.2) is 39.4 Å². The first kappa shape index (κ1) is 13.0. The molecule has 2 N–H and O–H groups in total. The molecule has 0 aliphatic rings. The van der Waals surface area contributed by atoms with Crippen LogP contribution in [0.2, 0.25) is 0 Å². The van der Waals surface area contributed by atoms with E-state index in [4.69, 9.17) is 14.9 Å². The van der Waals surface area contributed by atoms with Crippen molar-refractivity contribution in [3.05, 3.63) is 52.4 Å². The van der Waals surface area contributed by atoms with Crippen LogP contribution in [-0.2, 0) is 0 Å². The molecule has 18 heavy (non-hydrogen) atoms. The molecule has 2 aromatic rings. The highest BCUT2D eigenvalue weighted by Crippen LogP contribution is 2.29. The molecule has 1 unspecified atom stereocenters. The second-order valence-electron chi connectivity index (χ2n) is 3.56. The van der Waals surface area contributed by atoms with Crippen molar-refractivity contribution in [2.24, 2.45) is 5.73 Å². The normalized spacial score (nSPS) is 12.4. The van der Waals surface area contributed by atoms with Gasteiger partial charge in [0.05, 0.1) is 6.26 Å². The predicted octanol–water partition coefficient (Wildman–Crippen LogP) is 3.40. The summed E-state index contributed by atoms with van der Waals surface area (Å²) in [7, 11) is 0. The monoisotopic (exact) mass is 317 g/mol. The molecule has 0 radical (unpaired) electrons. The SMILES string of the molecule is NCC(Oc1cc(Br)cc(F)c1F)c1ccco1. The lowest BCUT2D eigenvalue weighted by molar-refractivity contribution is 0.174. The Labute approximate surface area is 111 Å². The van der Waals surface area contributed by atoms with Gasteiger partial charge in [0.15, 0.2) is 17.7 Å². The Balaban J connectivity index is 2.28. The zero-order valence-corrected chi connectivity index (χ0v) is 10.8. The third-order valence-corrected chi connectivity index (χ3v) is 2.76. The Morgan fingerprint density at radius 2 is 2.17 bits per heavy atom. The van der Waals surface area contributed by atoms with Gasteiger partial charge in [-0.2, -0.15) is 4.39 Å². The van der Waals surface area contributed by atoms with Gasteiger partial charge >= 0.3 is 0 Å². The fraction of sp³-hybridized carbons (Fsp3) is 0.167. The van der Waals surface area contributed by atoms with Crippen LogP contribution >= 0.6 is 15.9 Å². The molecule has 0 aliphatic heterocycles. The number of hydrogen-bond donors (Lipinski definition) is 1. The van der Waals surface area contributed by atoms with Crippen LogP contribution in [0.4, 0.5) is 8.78 Å². The lowest BCUT2D eigenvalue weighted by atomic mass is 10.2. The zero-order chi connectivity index (χ0) is 13.1. The van der Waals surface area contributed by atoms with Gasteiger partial charge in [0, 0.05) is 11.0 Å². The fourth-order valence-corrected chi connectivity index (χ4v) is 1.88. The summed E-state index contributed by atoms with van der Waals surface area (Å²) in [6.45, 7) is 0.0844. The number of benzene rings is 1. The molecule has 0 saturated heterocycles. The maximum Gasteiger partial charge on any atom is 0.200 e. The summed E-state index contributed by atoms with van der Waals surface area (Å²) < 4.78 is 37.6. The molecule has 2 rings (SSSR count). The van der Waals surface area contributed by atoms with E-state index < -0.39 is 17.7 Å². The van der Waals surface area contributed by atoms with Crippen molar-refractivity contribution in [2.75, 3.05) is 6.54 Å². The van der Waals surface area contributed by atoms with Crippen LogP contribution in [0.5, 0.6) is 5.75 Å². The first-order valence-corrected chi connectivity index (χ1v) is 5.95. The standard InChI is InChI=1S/C12H10BrF2NO2/c13-7-4-8(14)12(15)10(5-7)18-11(6-16)9-2-1-3-17-9/h1-5,11H,6,16H2. The Morgan fingerprint density at radius 3 is 2.78 bits per heavy atom. The minimum atomic E-state index is -1.05. The zero-order valence-electron chi connectivity index (χ0n) is 9.20. The molecule has 0 spiro atoms. The van der Waals surface area contributed by atoms with Gasteiger partial charge in [-0.05, 0) is 24.3 Å². The molecule has 1 aromatic heterocycles. The first-order valence-electron chi connectivity index (χ1n) is 5.16. The summed E-state index contributed by atoms with van der Waals surface area (Å²) >= 11 is 3.07. The molecule has 0 saturated carbocycles. The van der Waals surface area contributed by atoms with Gasteiger partial charge in [-0.1, -0.05) is 15.9 Å². The van der Waals surface area contributed by atoms with Crippen molar-refractivity contribution in [1.82, 2.24) is 0 Å². The summed E-state index contributed by atoms with van der Waals surface area (Å²) in [5.74, 6) is -1.80. The Bertz CT molecular complexity index is 531. The second-order valence-corrected chi connectivity index (χ2v) is 4.47. The molecular formula is C12H10BrF2NO2.